The van der Waals surface area contributed by atoms with E-state index in [1.54, 1.807) is 24.3 Å². The molecule has 0 aliphatic heterocycles. The minimum atomic E-state index is -0.445. The van der Waals surface area contributed by atoms with E-state index in [1.807, 2.05) is 6.92 Å². The summed E-state index contributed by atoms with van der Waals surface area (Å²) < 4.78 is 4.57. The van der Waals surface area contributed by atoms with Gasteiger partial charge < -0.3 is 15.0 Å². The maximum atomic E-state index is 12.0. The molecule has 0 spiro atoms. The van der Waals surface area contributed by atoms with Gasteiger partial charge in [-0.15, -0.1) is 0 Å². The fraction of sp³-hybridized carbons (Fsp3) is 0.385. The summed E-state index contributed by atoms with van der Waals surface area (Å²) in [6, 6.07) is 6.42. The Labute approximate surface area is 117 Å². The van der Waals surface area contributed by atoms with Crippen LogP contribution in [0.4, 0.5) is 10.5 Å². The third kappa shape index (κ3) is 5.18. The molecule has 5 nitrogen and oxygen atoms in total. The molecule has 0 aromatic heterocycles. The Morgan fingerprint density at radius 2 is 1.95 bits per heavy atom. The molecule has 0 fully saturated rings. The van der Waals surface area contributed by atoms with E-state index in [1.165, 1.54) is 12.0 Å². The van der Waals surface area contributed by atoms with Gasteiger partial charge >= 0.3 is 12.0 Å². The molecule has 0 bridgehead atoms. The van der Waals surface area contributed by atoms with E-state index in [0.717, 1.165) is 6.42 Å². The molecule has 0 aliphatic rings. The highest BCUT2D eigenvalue weighted by atomic mass is 35.5. The lowest BCUT2D eigenvalue weighted by Crippen LogP contribution is -2.39. The average Bonchev–Trinajstić information content (AvgIpc) is 2.40. The van der Waals surface area contributed by atoms with E-state index in [4.69, 9.17) is 11.6 Å². The van der Waals surface area contributed by atoms with Crippen molar-refractivity contribution in [3.63, 3.8) is 0 Å². The Hall–Kier alpha value is -1.75. The summed E-state index contributed by atoms with van der Waals surface area (Å²) in [5, 5.41) is 3.30. The molecular formula is C13H17ClN2O3. The van der Waals surface area contributed by atoms with Gasteiger partial charge in [0, 0.05) is 17.3 Å². The Morgan fingerprint density at radius 3 is 2.47 bits per heavy atom. The molecule has 0 aliphatic carbocycles. The summed E-state index contributed by atoms with van der Waals surface area (Å²) in [6.45, 7) is 2.35. The highest BCUT2D eigenvalue weighted by Crippen LogP contribution is 2.14. The zero-order chi connectivity index (χ0) is 14.3. The fourth-order valence-corrected chi connectivity index (χ4v) is 1.60. The predicted molar refractivity (Wildman–Crippen MR) is 74.4 cm³/mol. The van der Waals surface area contributed by atoms with Gasteiger partial charge in [-0.2, -0.15) is 0 Å². The normalized spacial score (nSPS) is 9.84. The Kier molecular flexibility index (Phi) is 6.15. The number of carbonyl (C=O) groups is 2. The van der Waals surface area contributed by atoms with Gasteiger partial charge in [0.15, 0.2) is 0 Å². The number of hydrogen-bond donors (Lipinski definition) is 1. The quantitative estimate of drug-likeness (QED) is 0.846. The van der Waals surface area contributed by atoms with Gasteiger partial charge in [0.25, 0.3) is 0 Å². The van der Waals surface area contributed by atoms with E-state index in [2.05, 4.69) is 10.1 Å². The number of anilines is 1. The lowest BCUT2D eigenvalue weighted by atomic mass is 10.3. The average molecular weight is 285 g/mol. The van der Waals surface area contributed by atoms with Crippen LogP contribution in [0.25, 0.3) is 0 Å². The molecule has 1 rings (SSSR count). The number of carbonyl (C=O) groups excluding carboxylic acids is 2. The van der Waals surface area contributed by atoms with Crippen LogP contribution in [-0.4, -0.2) is 37.1 Å². The Bertz CT molecular complexity index is 434. The van der Waals surface area contributed by atoms with Gasteiger partial charge in [-0.05, 0) is 30.7 Å². The lowest BCUT2D eigenvalue weighted by molar-refractivity contribution is -0.141. The van der Waals surface area contributed by atoms with Crippen LogP contribution < -0.4 is 5.32 Å². The Morgan fingerprint density at radius 1 is 1.32 bits per heavy atom. The second-order valence-corrected chi connectivity index (χ2v) is 4.37. The molecule has 6 heteroatoms. The van der Waals surface area contributed by atoms with Gasteiger partial charge in [0.2, 0.25) is 0 Å². The van der Waals surface area contributed by atoms with Crippen molar-refractivity contribution < 1.29 is 14.3 Å². The number of hydrogen-bond acceptors (Lipinski definition) is 3. The molecule has 1 aromatic rings. The maximum Gasteiger partial charge on any atom is 0.325 e. The third-order valence-corrected chi connectivity index (χ3v) is 2.68. The van der Waals surface area contributed by atoms with Gasteiger partial charge in [0.05, 0.1) is 7.11 Å². The number of ether oxygens (including phenoxy) is 1. The molecule has 1 aromatic carbocycles. The molecule has 19 heavy (non-hydrogen) atoms. The van der Waals surface area contributed by atoms with Crippen LogP contribution in [0, 0.1) is 0 Å². The van der Waals surface area contributed by atoms with E-state index in [9.17, 15) is 9.59 Å². The van der Waals surface area contributed by atoms with Crippen LogP contribution in [-0.2, 0) is 9.53 Å². The standard InChI is InChI=1S/C13H17ClN2O3/c1-3-8-16(9-12(17)19-2)13(18)15-11-6-4-10(14)5-7-11/h4-7H,3,8-9H2,1-2H3,(H,15,18). The summed E-state index contributed by atoms with van der Waals surface area (Å²) in [5.41, 5.74) is 0.625. The number of methoxy groups -OCH3 is 1. The molecule has 0 atom stereocenters. The Balaban J connectivity index is 2.65. The van der Waals surface area contributed by atoms with Gasteiger partial charge in [-0.3, -0.25) is 4.79 Å². The number of benzene rings is 1. The monoisotopic (exact) mass is 284 g/mol. The topological polar surface area (TPSA) is 58.6 Å². The molecule has 0 heterocycles. The van der Waals surface area contributed by atoms with Crippen LogP contribution >= 0.6 is 11.6 Å². The van der Waals surface area contributed by atoms with Gasteiger partial charge in [-0.25, -0.2) is 4.79 Å². The van der Waals surface area contributed by atoms with E-state index >= 15 is 0 Å². The van der Waals surface area contributed by atoms with E-state index < -0.39 is 5.97 Å². The van der Waals surface area contributed by atoms with Crippen molar-refractivity contribution in [3.8, 4) is 0 Å². The lowest BCUT2D eigenvalue weighted by Gasteiger charge is -2.21. The minimum absolute atomic E-state index is 0.0657. The van der Waals surface area contributed by atoms with Crippen molar-refractivity contribution in [1.29, 1.82) is 0 Å². The first-order chi connectivity index (χ1) is 9.06. The number of urea groups is 1. The summed E-state index contributed by atoms with van der Waals surface area (Å²) in [7, 11) is 1.30. The van der Waals surface area contributed by atoms with Gasteiger partial charge in [0.1, 0.15) is 6.54 Å². The number of esters is 1. The summed E-state index contributed by atoms with van der Waals surface area (Å²) in [6.07, 6.45) is 0.755. The number of nitrogens with one attached hydrogen (secondary N) is 1. The number of halogens is 1. The van der Waals surface area contributed by atoms with Crippen molar-refractivity contribution in [1.82, 2.24) is 4.90 Å². The van der Waals surface area contributed by atoms with Crippen molar-refractivity contribution >= 4 is 29.3 Å². The first-order valence-electron chi connectivity index (χ1n) is 5.95. The number of amides is 2. The molecule has 0 saturated carbocycles. The van der Waals surface area contributed by atoms with Crippen LogP contribution in [0.3, 0.4) is 0 Å². The van der Waals surface area contributed by atoms with E-state index in [-0.39, 0.29) is 12.6 Å². The largest absolute Gasteiger partial charge is 0.468 e. The van der Waals surface area contributed by atoms with Crippen molar-refractivity contribution in [2.24, 2.45) is 0 Å². The second-order valence-electron chi connectivity index (χ2n) is 3.93. The SMILES string of the molecule is CCCN(CC(=O)OC)C(=O)Nc1ccc(Cl)cc1. The minimum Gasteiger partial charge on any atom is -0.468 e. The highest BCUT2D eigenvalue weighted by molar-refractivity contribution is 6.30. The molecule has 0 saturated heterocycles. The third-order valence-electron chi connectivity index (χ3n) is 2.42. The summed E-state index contributed by atoms with van der Waals surface area (Å²) in [5.74, 6) is -0.445. The smallest absolute Gasteiger partial charge is 0.325 e. The molecular weight excluding hydrogens is 268 g/mol. The van der Waals surface area contributed by atoms with Crippen LogP contribution in [0.2, 0.25) is 5.02 Å². The van der Waals surface area contributed by atoms with Crippen molar-refractivity contribution in [3.05, 3.63) is 29.3 Å². The summed E-state index contributed by atoms with van der Waals surface area (Å²) >= 11 is 5.76. The highest BCUT2D eigenvalue weighted by Gasteiger charge is 2.16. The predicted octanol–water partition coefficient (Wildman–Crippen LogP) is 2.76. The van der Waals surface area contributed by atoms with Crippen LogP contribution in [0.1, 0.15) is 13.3 Å². The molecule has 0 radical (unpaired) electrons. The molecule has 0 unspecified atom stereocenters. The van der Waals surface area contributed by atoms with Crippen LogP contribution in [0.5, 0.6) is 0 Å². The first-order valence-corrected chi connectivity index (χ1v) is 6.33. The fourth-order valence-electron chi connectivity index (χ4n) is 1.48. The van der Waals surface area contributed by atoms with Gasteiger partial charge in [-0.1, -0.05) is 18.5 Å². The summed E-state index contributed by atoms with van der Waals surface area (Å²) in [4.78, 5) is 24.7. The molecule has 2 amide bonds. The molecule has 104 valence electrons. The number of nitrogens with zero attached hydrogens (tertiary/aromatic N) is 1. The zero-order valence-corrected chi connectivity index (χ0v) is 11.7. The van der Waals surface area contributed by atoms with Crippen molar-refractivity contribution in [2.75, 3.05) is 25.5 Å². The first kappa shape index (κ1) is 15.3. The van der Waals surface area contributed by atoms with Crippen LogP contribution in [0.15, 0.2) is 24.3 Å². The van der Waals surface area contributed by atoms with E-state index in [0.29, 0.717) is 17.3 Å². The zero-order valence-electron chi connectivity index (χ0n) is 11.0. The number of rotatable bonds is 5. The second kappa shape index (κ2) is 7.63. The maximum absolute atomic E-state index is 12.0. The van der Waals surface area contributed by atoms with Crippen molar-refractivity contribution in [2.45, 2.75) is 13.3 Å². The molecule has 1 N–H and O–H groups in total.